The molecule has 5 heteroatoms. The zero-order valence-corrected chi connectivity index (χ0v) is 8.98. The first-order valence-corrected chi connectivity index (χ1v) is 5.31. The first-order valence-electron chi connectivity index (χ1n) is 4.49. The Bertz CT molecular complexity index is 358. The zero-order valence-electron chi connectivity index (χ0n) is 8.16. The number of thiazole rings is 1. The number of hydrogen-bond acceptors (Lipinski definition) is 4. The average molecular weight is 212 g/mol. The van der Waals surface area contributed by atoms with E-state index in [9.17, 15) is 4.79 Å². The molecule has 0 aliphatic carbocycles. The monoisotopic (exact) mass is 212 g/mol. The highest BCUT2D eigenvalue weighted by Gasteiger charge is 2.23. The topological polar surface area (TPSA) is 51.2 Å². The predicted molar refractivity (Wildman–Crippen MR) is 53.7 cm³/mol. The van der Waals surface area contributed by atoms with E-state index in [0.29, 0.717) is 13.2 Å². The Labute approximate surface area is 86.3 Å². The van der Waals surface area contributed by atoms with Crippen LogP contribution in [0.2, 0.25) is 0 Å². The lowest BCUT2D eigenvalue weighted by molar-refractivity contribution is -0.00340. The Balaban J connectivity index is 2.06. The van der Waals surface area contributed by atoms with Crippen LogP contribution in [-0.4, -0.2) is 30.1 Å². The standard InChI is InChI=1S/C9H12N2O2S/c1-5-8(14-6(2)10-5)9(12)11-7-3-13-4-7/h7H,3-4H2,1-2H3,(H,11,12). The highest BCUT2D eigenvalue weighted by Crippen LogP contribution is 2.17. The lowest BCUT2D eigenvalue weighted by Crippen LogP contribution is -2.48. The first kappa shape index (κ1) is 9.61. The van der Waals surface area contributed by atoms with Crippen molar-refractivity contribution in [2.45, 2.75) is 19.9 Å². The Hall–Kier alpha value is -0.940. The van der Waals surface area contributed by atoms with E-state index in [0.717, 1.165) is 15.6 Å². The third-order valence-electron chi connectivity index (χ3n) is 2.08. The minimum atomic E-state index is -0.0265. The number of ether oxygens (including phenoxy) is 1. The lowest BCUT2D eigenvalue weighted by atomic mass is 10.2. The molecule has 14 heavy (non-hydrogen) atoms. The van der Waals surface area contributed by atoms with Crippen molar-refractivity contribution < 1.29 is 9.53 Å². The molecule has 0 radical (unpaired) electrons. The molecule has 2 heterocycles. The van der Waals surface area contributed by atoms with Crippen molar-refractivity contribution in [3.8, 4) is 0 Å². The van der Waals surface area contributed by atoms with Crippen LogP contribution in [0.25, 0.3) is 0 Å². The number of carbonyl (C=O) groups excluding carboxylic acids is 1. The molecule has 0 bridgehead atoms. The van der Waals surface area contributed by atoms with Gasteiger partial charge in [0, 0.05) is 0 Å². The maximum atomic E-state index is 11.7. The van der Waals surface area contributed by atoms with E-state index < -0.39 is 0 Å². The van der Waals surface area contributed by atoms with Gasteiger partial charge in [0.05, 0.1) is 30.0 Å². The molecule has 1 saturated heterocycles. The van der Waals surface area contributed by atoms with Gasteiger partial charge in [-0.2, -0.15) is 0 Å². The summed E-state index contributed by atoms with van der Waals surface area (Å²) < 4.78 is 4.98. The molecule has 1 aromatic heterocycles. The molecule has 1 amide bonds. The number of aromatic nitrogens is 1. The van der Waals surface area contributed by atoms with Gasteiger partial charge in [0.15, 0.2) is 0 Å². The van der Waals surface area contributed by atoms with Gasteiger partial charge < -0.3 is 10.1 Å². The number of nitrogens with one attached hydrogen (secondary N) is 1. The van der Waals surface area contributed by atoms with Crippen LogP contribution in [0.15, 0.2) is 0 Å². The summed E-state index contributed by atoms with van der Waals surface area (Å²) in [4.78, 5) is 16.6. The van der Waals surface area contributed by atoms with Gasteiger partial charge in [0.2, 0.25) is 0 Å². The van der Waals surface area contributed by atoms with Gasteiger partial charge in [0.25, 0.3) is 5.91 Å². The van der Waals surface area contributed by atoms with Gasteiger partial charge in [-0.3, -0.25) is 4.79 Å². The van der Waals surface area contributed by atoms with Crippen LogP contribution in [0.1, 0.15) is 20.4 Å². The summed E-state index contributed by atoms with van der Waals surface area (Å²) in [7, 11) is 0. The van der Waals surface area contributed by atoms with Crippen molar-refractivity contribution in [2.24, 2.45) is 0 Å². The highest BCUT2D eigenvalue weighted by atomic mass is 32.1. The molecule has 1 aliphatic heterocycles. The van der Waals surface area contributed by atoms with Crippen molar-refractivity contribution in [3.63, 3.8) is 0 Å². The van der Waals surface area contributed by atoms with E-state index in [-0.39, 0.29) is 11.9 Å². The first-order chi connectivity index (χ1) is 6.66. The highest BCUT2D eigenvalue weighted by molar-refractivity contribution is 7.13. The molecule has 1 N–H and O–H groups in total. The van der Waals surface area contributed by atoms with Crippen molar-refractivity contribution in [2.75, 3.05) is 13.2 Å². The summed E-state index contributed by atoms with van der Waals surface area (Å²) in [5.74, 6) is -0.0265. The second-order valence-electron chi connectivity index (χ2n) is 3.36. The minimum Gasteiger partial charge on any atom is -0.377 e. The zero-order chi connectivity index (χ0) is 10.1. The molecule has 4 nitrogen and oxygen atoms in total. The van der Waals surface area contributed by atoms with E-state index in [1.54, 1.807) is 0 Å². The molecule has 0 unspecified atom stereocenters. The maximum Gasteiger partial charge on any atom is 0.263 e. The Morgan fingerprint density at radius 3 is 2.71 bits per heavy atom. The molecular weight excluding hydrogens is 200 g/mol. The number of carbonyl (C=O) groups is 1. The van der Waals surface area contributed by atoms with E-state index in [4.69, 9.17) is 4.74 Å². The van der Waals surface area contributed by atoms with Gasteiger partial charge in [0.1, 0.15) is 4.88 Å². The quantitative estimate of drug-likeness (QED) is 0.792. The molecule has 0 aromatic carbocycles. The molecular formula is C9H12N2O2S. The lowest BCUT2D eigenvalue weighted by Gasteiger charge is -2.26. The summed E-state index contributed by atoms with van der Waals surface area (Å²) in [5.41, 5.74) is 0.810. The summed E-state index contributed by atoms with van der Waals surface area (Å²) in [6.45, 7) is 5.02. The van der Waals surface area contributed by atoms with Crippen LogP contribution in [0, 0.1) is 13.8 Å². The third-order valence-corrected chi connectivity index (χ3v) is 3.15. The number of rotatable bonds is 2. The summed E-state index contributed by atoms with van der Waals surface area (Å²) in [6, 6.07) is 0.185. The normalized spacial score (nSPS) is 16.4. The van der Waals surface area contributed by atoms with Gasteiger partial charge >= 0.3 is 0 Å². The van der Waals surface area contributed by atoms with Crippen molar-refractivity contribution in [1.82, 2.24) is 10.3 Å². The van der Waals surface area contributed by atoms with E-state index in [2.05, 4.69) is 10.3 Å². The van der Waals surface area contributed by atoms with Crippen molar-refractivity contribution >= 4 is 17.2 Å². The second-order valence-corrected chi connectivity index (χ2v) is 4.56. The molecule has 76 valence electrons. The Morgan fingerprint density at radius 2 is 2.29 bits per heavy atom. The molecule has 1 aliphatic rings. The fraction of sp³-hybridized carbons (Fsp3) is 0.556. The van der Waals surface area contributed by atoms with Crippen molar-refractivity contribution in [1.29, 1.82) is 0 Å². The van der Waals surface area contributed by atoms with Crippen LogP contribution < -0.4 is 5.32 Å². The SMILES string of the molecule is Cc1nc(C)c(C(=O)NC2COC2)s1. The summed E-state index contributed by atoms with van der Waals surface area (Å²) in [6.07, 6.45) is 0. The molecule has 0 atom stereocenters. The van der Waals surface area contributed by atoms with E-state index in [1.165, 1.54) is 11.3 Å². The fourth-order valence-corrected chi connectivity index (χ4v) is 2.13. The van der Waals surface area contributed by atoms with Gasteiger partial charge in [-0.25, -0.2) is 4.98 Å². The Kier molecular flexibility index (Phi) is 2.52. The molecule has 1 fully saturated rings. The number of hydrogen-bond donors (Lipinski definition) is 1. The molecule has 2 rings (SSSR count). The summed E-state index contributed by atoms with van der Waals surface area (Å²) in [5, 5.41) is 3.82. The largest absolute Gasteiger partial charge is 0.377 e. The second kappa shape index (κ2) is 3.67. The number of nitrogens with zero attached hydrogens (tertiary/aromatic N) is 1. The maximum absolute atomic E-state index is 11.7. The van der Waals surface area contributed by atoms with Crippen LogP contribution in [0.3, 0.4) is 0 Å². The molecule has 0 spiro atoms. The van der Waals surface area contributed by atoms with Gasteiger partial charge in [-0.1, -0.05) is 0 Å². The number of aryl methyl sites for hydroxylation is 2. The van der Waals surface area contributed by atoms with Gasteiger partial charge in [-0.05, 0) is 13.8 Å². The van der Waals surface area contributed by atoms with Crippen LogP contribution in [0.5, 0.6) is 0 Å². The fourth-order valence-electron chi connectivity index (χ4n) is 1.31. The van der Waals surface area contributed by atoms with E-state index >= 15 is 0 Å². The van der Waals surface area contributed by atoms with Crippen LogP contribution in [0.4, 0.5) is 0 Å². The predicted octanol–water partition coefficient (Wildman–Crippen LogP) is 0.889. The van der Waals surface area contributed by atoms with E-state index in [1.807, 2.05) is 13.8 Å². The number of amides is 1. The molecule has 0 saturated carbocycles. The molecule has 1 aromatic rings. The average Bonchev–Trinajstić information content (AvgIpc) is 2.37. The van der Waals surface area contributed by atoms with Crippen LogP contribution >= 0.6 is 11.3 Å². The minimum absolute atomic E-state index is 0.0265. The van der Waals surface area contributed by atoms with Gasteiger partial charge in [-0.15, -0.1) is 11.3 Å². The smallest absolute Gasteiger partial charge is 0.263 e. The third kappa shape index (κ3) is 1.78. The summed E-state index contributed by atoms with van der Waals surface area (Å²) >= 11 is 1.44. The van der Waals surface area contributed by atoms with Crippen LogP contribution in [-0.2, 0) is 4.74 Å². The van der Waals surface area contributed by atoms with Crippen molar-refractivity contribution in [3.05, 3.63) is 15.6 Å². The Morgan fingerprint density at radius 1 is 1.57 bits per heavy atom.